The van der Waals surface area contributed by atoms with E-state index in [1.165, 1.54) is 25.3 Å². The molecule has 1 N–H and O–H groups in total. The zero-order chi connectivity index (χ0) is 16.4. The molecule has 0 aliphatic rings. The molecule has 0 amide bonds. The van der Waals surface area contributed by atoms with Gasteiger partial charge in [0.05, 0.1) is 4.34 Å². The largest absolute Gasteiger partial charge is 0.372 e. The minimum Gasteiger partial charge on any atom is -0.372 e. The summed E-state index contributed by atoms with van der Waals surface area (Å²) < 4.78 is 46.6. The number of benzene rings is 1. The number of hydrogen-bond donors (Lipinski definition) is 1. The van der Waals surface area contributed by atoms with E-state index in [2.05, 4.69) is 4.72 Å². The highest BCUT2D eigenvalue weighted by molar-refractivity contribution is 7.91. The van der Waals surface area contributed by atoms with Gasteiger partial charge in [-0.1, -0.05) is 29.8 Å². The standard InChI is InChI=1S/C14H15ClFNO3S2/c1-14(20-2,10-5-3-4-6-11(10)16)9-17-22(18,19)13-8-7-12(15)21-13/h3-8,17H,9H2,1-2H3/t14-/m1/s1. The lowest BCUT2D eigenvalue weighted by Crippen LogP contribution is -2.40. The smallest absolute Gasteiger partial charge is 0.250 e. The highest BCUT2D eigenvalue weighted by atomic mass is 35.5. The summed E-state index contributed by atoms with van der Waals surface area (Å²) in [4.78, 5) is 0. The van der Waals surface area contributed by atoms with Crippen LogP contribution in [0.1, 0.15) is 12.5 Å². The van der Waals surface area contributed by atoms with E-state index >= 15 is 0 Å². The van der Waals surface area contributed by atoms with E-state index in [4.69, 9.17) is 16.3 Å². The Kier molecular flexibility index (Phi) is 5.24. The Balaban J connectivity index is 2.23. The van der Waals surface area contributed by atoms with E-state index in [-0.39, 0.29) is 16.3 Å². The fourth-order valence-corrected chi connectivity index (χ4v) is 4.57. The summed E-state index contributed by atoms with van der Waals surface area (Å²) in [7, 11) is -2.32. The van der Waals surface area contributed by atoms with Crippen LogP contribution in [0.3, 0.4) is 0 Å². The maximum atomic E-state index is 13.9. The topological polar surface area (TPSA) is 55.4 Å². The second-order valence-electron chi connectivity index (χ2n) is 4.80. The van der Waals surface area contributed by atoms with Crippen LogP contribution < -0.4 is 4.72 Å². The van der Waals surface area contributed by atoms with Crippen molar-refractivity contribution in [3.63, 3.8) is 0 Å². The second kappa shape index (κ2) is 6.64. The van der Waals surface area contributed by atoms with Crippen LogP contribution in [0.4, 0.5) is 4.39 Å². The molecule has 1 atom stereocenters. The van der Waals surface area contributed by atoms with E-state index in [0.29, 0.717) is 4.34 Å². The Labute approximate surface area is 137 Å². The fraction of sp³-hybridized carbons (Fsp3) is 0.286. The number of rotatable bonds is 6. The number of thiophene rings is 1. The minimum absolute atomic E-state index is 0.101. The van der Waals surface area contributed by atoms with Crippen molar-refractivity contribution in [1.82, 2.24) is 4.72 Å². The van der Waals surface area contributed by atoms with E-state index in [1.807, 2.05) is 0 Å². The summed E-state index contributed by atoms with van der Waals surface area (Å²) in [6, 6.07) is 9.03. The summed E-state index contributed by atoms with van der Waals surface area (Å²) in [6.45, 7) is 1.51. The van der Waals surface area contributed by atoms with Gasteiger partial charge < -0.3 is 4.74 Å². The first-order chi connectivity index (χ1) is 10.3. The Hall–Kier alpha value is -0.990. The molecule has 8 heteroatoms. The Morgan fingerprint density at radius 2 is 2.00 bits per heavy atom. The number of nitrogens with one attached hydrogen (secondary N) is 1. The van der Waals surface area contributed by atoms with Crippen LogP contribution in [0, 0.1) is 5.82 Å². The van der Waals surface area contributed by atoms with Gasteiger partial charge in [-0.05, 0) is 25.1 Å². The van der Waals surface area contributed by atoms with Crippen molar-refractivity contribution in [2.24, 2.45) is 0 Å². The molecule has 2 rings (SSSR count). The highest BCUT2D eigenvalue weighted by Gasteiger charge is 2.31. The molecule has 4 nitrogen and oxygen atoms in total. The Morgan fingerprint density at radius 3 is 2.55 bits per heavy atom. The number of hydrogen-bond acceptors (Lipinski definition) is 4. The summed E-state index contributed by atoms with van der Waals surface area (Å²) in [5, 5.41) is 0. The average molecular weight is 364 g/mol. The van der Waals surface area contributed by atoms with Gasteiger partial charge in [0.15, 0.2) is 0 Å². The fourth-order valence-electron chi connectivity index (χ4n) is 1.91. The zero-order valence-electron chi connectivity index (χ0n) is 12.0. The van der Waals surface area contributed by atoms with Crippen LogP contribution in [0.5, 0.6) is 0 Å². The summed E-state index contributed by atoms with van der Waals surface area (Å²) in [5.74, 6) is -0.454. The number of ether oxygens (including phenoxy) is 1. The first-order valence-corrected chi connectivity index (χ1v) is 9.01. The first-order valence-electron chi connectivity index (χ1n) is 6.34. The number of methoxy groups -OCH3 is 1. The monoisotopic (exact) mass is 363 g/mol. The third kappa shape index (κ3) is 3.67. The van der Waals surface area contributed by atoms with Gasteiger partial charge in [-0.15, -0.1) is 11.3 Å². The minimum atomic E-state index is -3.72. The van der Waals surface area contributed by atoms with Gasteiger partial charge in [-0.25, -0.2) is 17.5 Å². The lowest BCUT2D eigenvalue weighted by molar-refractivity contribution is 0.00411. The van der Waals surface area contributed by atoms with Crippen molar-refractivity contribution >= 4 is 33.0 Å². The Morgan fingerprint density at radius 1 is 1.32 bits per heavy atom. The number of halogens is 2. The molecule has 1 aromatic carbocycles. The average Bonchev–Trinajstić information content (AvgIpc) is 2.93. The number of sulfonamides is 1. The lowest BCUT2D eigenvalue weighted by atomic mass is 9.95. The molecule has 0 unspecified atom stereocenters. The summed E-state index contributed by atoms with van der Waals surface area (Å²) in [6.07, 6.45) is 0. The van der Waals surface area contributed by atoms with Gasteiger partial charge in [-0.3, -0.25) is 0 Å². The van der Waals surface area contributed by atoms with Crippen LogP contribution in [-0.2, 0) is 20.4 Å². The molecular weight excluding hydrogens is 349 g/mol. The van der Waals surface area contributed by atoms with Gasteiger partial charge in [0.25, 0.3) is 0 Å². The van der Waals surface area contributed by atoms with Crippen molar-refractivity contribution in [2.45, 2.75) is 16.7 Å². The quantitative estimate of drug-likeness (QED) is 0.856. The molecule has 0 aliphatic heterocycles. The normalized spacial score (nSPS) is 14.7. The second-order valence-corrected chi connectivity index (χ2v) is 8.51. The Bertz CT molecular complexity index is 763. The molecule has 0 bridgehead atoms. The zero-order valence-corrected chi connectivity index (χ0v) is 14.4. The van der Waals surface area contributed by atoms with Crippen molar-refractivity contribution in [2.75, 3.05) is 13.7 Å². The van der Waals surface area contributed by atoms with Crippen molar-refractivity contribution < 1.29 is 17.5 Å². The van der Waals surface area contributed by atoms with Gasteiger partial charge >= 0.3 is 0 Å². The van der Waals surface area contributed by atoms with Crippen LogP contribution in [-0.4, -0.2) is 22.1 Å². The van der Waals surface area contributed by atoms with Crippen molar-refractivity contribution in [3.05, 3.63) is 52.1 Å². The van der Waals surface area contributed by atoms with Crippen LogP contribution in [0.15, 0.2) is 40.6 Å². The SMILES string of the molecule is CO[C@](C)(CNS(=O)(=O)c1ccc(Cl)s1)c1ccccc1F. The molecule has 0 spiro atoms. The maximum absolute atomic E-state index is 13.9. The molecule has 0 fully saturated rings. The van der Waals surface area contributed by atoms with Gasteiger partial charge in [-0.2, -0.15) is 0 Å². The molecule has 1 aromatic heterocycles. The molecule has 0 saturated carbocycles. The van der Waals surface area contributed by atoms with Gasteiger partial charge in [0.2, 0.25) is 10.0 Å². The molecule has 22 heavy (non-hydrogen) atoms. The first kappa shape index (κ1) is 17.4. The molecule has 120 valence electrons. The van der Waals surface area contributed by atoms with E-state index in [0.717, 1.165) is 11.3 Å². The van der Waals surface area contributed by atoms with Gasteiger partial charge in [0, 0.05) is 19.2 Å². The predicted molar refractivity (Wildman–Crippen MR) is 85.3 cm³/mol. The third-order valence-electron chi connectivity index (χ3n) is 3.31. The lowest BCUT2D eigenvalue weighted by Gasteiger charge is -2.29. The molecular formula is C14H15ClFNO3S2. The van der Waals surface area contributed by atoms with Crippen LogP contribution in [0.2, 0.25) is 4.34 Å². The molecule has 2 aromatic rings. The van der Waals surface area contributed by atoms with E-state index in [1.54, 1.807) is 25.1 Å². The van der Waals surface area contributed by atoms with E-state index < -0.39 is 21.4 Å². The molecule has 1 heterocycles. The van der Waals surface area contributed by atoms with Crippen molar-refractivity contribution in [1.29, 1.82) is 0 Å². The molecule has 0 aliphatic carbocycles. The van der Waals surface area contributed by atoms with Crippen molar-refractivity contribution in [3.8, 4) is 0 Å². The highest BCUT2D eigenvalue weighted by Crippen LogP contribution is 2.29. The summed E-state index contributed by atoms with van der Waals surface area (Å²) in [5.41, 5.74) is -0.844. The van der Waals surface area contributed by atoms with E-state index in [9.17, 15) is 12.8 Å². The third-order valence-corrected chi connectivity index (χ3v) is 6.43. The molecule has 0 radical (unpaired) electrons. The van der Waals surface area contributed by atoms with Crippen LogP contribution >= 0.6 is 22.9 Å². The van der Waals surface area contributed by atoms with Crippen LogP contribution in [0.25, 0.3) is 0 Å². The predicted octanol–water partition coefficient (Wildman–Crippen LogP) is 3.38. The van der Waals surface area contributed by atoms with Gasteiger partial charge in [0.1, 0.15) is 15.6 Å². The maximum Gasteiger partial charge on any atom is 0.250 e. The molecule has 0 saturated heterocycles. The summed E-state index contributed by atoms with van der Waals surface area (Å²) >= 11 is 6.70.